The predicted octanol–water partition coefficient (Wildman–Crippen LogP) is 4.05. The van der Waals surface area contributed by atoms with Gasteiger partial charge < -0.3 is 24.4 Å². The van der Waals surface area contributed by atoms with E-state index in [-0.39, 0.29) is 24.3 Å². The van der Waals surface area contributed by atoms with E-state index in [1.165, 1.54) is 21.3 Å². The molecule has 0 unspecified atom stereocenters. The van der Waals surface area contributed by atoms with Gasteiger partial charge in [0.15, 0.2) is 11.5 Å². The van der Waals surface area contributed by atoms with Crippen molar-refractivity contribution in [1.82, 2.24) is 9.80 Å². The SMILES string of the molecule is COc1cc(C(=O)N2CCN(CC(=O)N3c4ccc(Cl)cc4NC(=O)c4ccccc43)CC2)cc(OC)c1OC. The maximum Gasteiger partial charge on any atom is 0.257 e. The molecule has 40 heavy (non-hydrogen) atoms. The van der Waals surface area contributed by atoms with Crippen LogP contribution in [0.25, 0.3) is 0 Å². The van der Waals surface area contributed by atoms with E-state index in [9.17, 15) is 14.4 Å². The summed E-state index contributed by atoms with van der Waals surface area (Å²) in [6.07, 6.45) is 0. The number of para-hydroxylation sites is 1. The number of anilines is 3. The molecule has 2 aliphatic rings. The Bertz CT molecular complexity index is 1450. The molecule has 0 aliphatic carbocycles. The van der Waals surface area contributed by atoms with Crippen molar-refractivity contribution >= 4 is 46.4 Å². The molecular weight excluding hydrogens is 536 g/mol. The summed E-state index contributed by atoms with van der Waals surface area (Å²) < 4.78 is 16.1. The Hall–Kier alpha value is -4.28. The van der Waals surface area contributed by atoms with Crippen molar-refractivity contribution in [2.24, 2.45) is 0 Å². The molecule has 0 bridgehead atoms. The Labute approximate surface area is 237 Å². The molecule has 3 aromatic rings. The van der Waals surface area contributed by atoms with Crippen LogP contribution in [0, 0.1) is 0 Å². The van der Waals surface area contributed by atoms with Gasteiger partial charge in [-0.3, -0.25) is 24.2 Å². The Morgan fingerprint density at radius 2 is 1.55 bits per heavy atom. The second-order valence-corrected chi connectivity index (χ2v) is 9.78. The first kappa shape index (κ1) is 27.3. The van der Waals surface area contributed by atoms with Crippen LogP contribution in [0.2, 0.25) is 5.02 Å². The van der Waals surface area contributed by atoms with Gasteiger partial charge >= 0.3 is 0 Å². The highest BCUT2D eigenvalue weighted by Gasteiger charge is 2.32. The first-order valence-electron chi connectivity index (χ1n) is 12.7. The number of ether oxygens (including phenoxy) is 3. The minimum absolute atomic E-state index is 0.108. The van der Waals surface area contributed by atoms with Crippen LogP contribution in [0.3, 0.4) is 0 Å². The molecule has 0 aromatic heterocycles. The number of hydrogen-bond acceptors (Lipinski definition) is 7. The monoisotopic (exact) mass is 564 g/mol. The van der Waals surface area contributed by atoms with Crippen molar-refractivity contribution in [2.45, 2.75) is 0 Å². The third-order valence-corrected chi connectivity index (χ3v) is 7.25. The van der Waals surface area contributed by atoms with Gasteiger partial charge in [-0.2, -0.15) is 0 Å². The van der Waals surface area contributed by atoms with Gasteiger partial charge in [0.1, 0.15) is 0 Å². The number of methoxy groups -OCH3 is 3. The van der Waals surface area contributed by atoms with E-state index < -0.39 is 0 Å². The van der Waals surface area contributed by atoms with Crippen LogP contribution in [0.5, 0.6) is 17.2 Å². The van der Waals surface area contributed by atoms with E-state index in [1.807, 2.05) is 4.90 Å². The molecule has 1 N–H and O–H groups in total. The number of benzene rings is 3. The number of rotatable bonds is 6. The smallest absolute Gasteiger partial charge is 0.257 e. The molecule has 3 amide bonds. The zero-order chi connectivity index (χ0) is 28.4. The number of halogens is 1. The molecule has 2 aliphatic heterocycles. The summed E-state index contributed by atoms with van der Waals surface area (Å²) in [5, 5.41) is 3.31. The van der Waals surface area contributed by atoms with Crippen LogP contribution < -0.4 is 24.4 Å². The molecule has 10 nitrogen and oxygen atoms in total. The van der Waals surface area contributed by atoms with Gasteiger partial charge in [-0.1, -0.05) is 23.7 Å². The lowest BCUT2D eigenvalue weighted by atomic mass is 10.1. The Balaban J connectivity index is 1.32. The fourth-order valence-electron chi connectivity index (χ4n) is 5.01. The molecular formula is C29H29ClN4O6. The highest BCUT2D eigenvalue weighted by atomic mass is 35.5. The van der Waals surface area contributed by atoms with Crippen LogP contribution >= 0.6 is 11.6 Å². The maximum atomic E-state index is 13.8. The lowest BCUT2D eigenvalue weighted by Gasteiger charge is -2.35. The summed E-state index contributed by atoms with van der Waals surface area (Å²) >= 11 is 6.19. The maximum absolute atomic E-state index is 13.8. The molecule has 0 saturated carbocycles. The van der Waals surface area contributed by atoms with Gasteiger partial charge in [-0.15, -0.1) is 0 Å². The summed E-state index contributed by atoms with van der Waals surface area (Å²) in [6, 6.07) is 15.3. The summed E-state index contributed by atoms with van der Waals surface area (Å²) in [5.41, 5.74) is 2.32. The number of amides is 3. The average molecular weight is 565 g/mol. The van der Waals surface area contributed by atoms with Crippen molar-refractivity contribution in [3.8, 4) is 17.2 Å². The summed E-state index contributed by atoms with van der Waals surface area (Å²) in [4.78, 5) is 45.3. The average Bonchev–Trinajstić information content (AvgIpc) is 3.09. The van der Waals surface area contributed by atoms with Crippen LogP contribution in [0.4, 0.5) is 17.1 Å². The lowest BCUT2D eigenvalue weighted by molar-refractivity contribution is -0.119. The van der Waals surface area contributed by atoms with Gasteiger partial charge in [0.25, 0.3) is 11.8 Å². The molecule has 0 spiro atoms. The standard InChI is InChI=1S/C29H29ClN4O6/c1-38-24-14-18(15-25(39-2)27(24)40-3)29(37)33-12-10-32(11-13-33)17-26(35)34-22-7-5-4-6-20(22)28(36)31-21-16-19(30)8-9-23(21)34/h4-9,14-16H,10-13,17H2,1-3H3,(H,31,36). The van der Waals surface area contributed by atoms with Gasteiger partial charge in [-0.05, 0) is 42.5 Å². The van der Waals surface area contributed by atoms with Crippen LogP contribution in [0.15, 0.2) is 54.6 Å². The molecule has 5 rings (SSSR count). The van der Waals surface area contributed by atoms with E-state index >= 15 is 0 Å². The highest BCUT2D eigenvalue weighted by molar-refractivity contribution is 6.31. The molecule has 1 saturated heterocycles. The topological polar surface area (TPSA) is 101 Å². The number of piperazine rings is 1. The zero-order valence-corrected chi connectivity index (χ0v) is 23.2. The number of carbonyl (C=O) groups is 3. The van der Waals surface area contributed by atoms with Crippen LogP contribution in [0.1, 0.15) is 20.7 Å². The summed E-state index contributed by atoms with van der Waals surface area (Å²) in [5.74, 6) is 0.552. The van der Waals surface area contributed by atoms with Gasteiger partial charge in [0.2, 0.25) is 11.7 Å². The normalized spacial score (nSPS) is 14.9. The predicted molar refractivity (Wildman–Crippen MR) is 151 cm³/mol. The first-order chi connectivity index (χ1) is 19.3. The van der Waals surface area contributed by atoms with Crippen molar-refractivity contribution in [1.29, 1.82) is 0 Å². The van der Waals surface area contributed by atoms with E-state index in [4.69, 9.17) is 25.8 Å². The largest absolute Gasteiger partial charge is 0.493 e. The van der Waals surface area contributed by atoms with E-state index in [0.29, 0.717) is 76.6 Å². The molecule has 11 heteroatoms. The van der Waals surface area contributed by atoms with Crippen LogP contribution in [-0.4, -0.2) is 81.6 Å². The molecule has 1 fully saturated rings. The van der Waals surface area contributed by atoms with Crippen molar-refractivity contribution < 1.29 is 28.6 Å². The van der Waals surface area contributed by atoms with Crippen molar-refractivity contribution in [3.05, 3.63) is 70.7 Å². The van der Waals surface area contributed by atoms with Crippen LogP contribution in [-0.2, 0) is 4.79 Å². The molecule has 0 atom stereocenters. The molecule has 208 valence electrons. The first-order valence-corrected chi connectivity index (χ1v) is 13.1. The zero-order valence-electron chi connectivity index (χ0n) is 22.4. The molecule has 2 heterocycles. The van der Waals surface area contributed by atoms with E-state index in [1.54, 1.807) is 64.4 Å². The minimum Gasteiger partial charge on any atom is -0.493 e. The van der Waals surface area contributed by atoms with Gasteiger partial charge in [-0.25, -0.2) is 0 Å². The fraction of sp³-hybridized carbons (Fsp3) is 0.276. The fourth-order valence-corrected chi connectivity index (χ4v) is 5.18. The van der Waals surface area contributed by atoms with Gasteiger partial charge in [0, 0.05) is 36.8 Å². The lowest BCUT2D eigenvalue weighted by Crippen LogP contribution is -2.51. The number of nitrogens with one attached hydrogen (secondary N) is 1. The number of nitrogens with zero attached hydrogens (tertiary/aromatic N) is 3. The third kappa shape index (κ3) is 5.15. The summed E-state index contributed by atoms with van der Waals surface area (Å²) in [7, 11) is 4.51. The van der Waals surface area contributed by atoms with E-state index in [0.717, 1.165) is 0 Å². The van der Waals surface area contributed by atoms with E-state index in [2.05, 4.69) is 5.32 Å². The third-order valence-electron chi connectivity index (χ3n) is 7.02. The second-order valence-electron chi connectivity index (χ2n) is 9.34. The number of fused-ring (bicyclic) bond motifs is 2. The Kier molecular flexibility index (Phi) is 7.81. The van der Waals surface area contributed by atoms with Gasteiger partial charge in [0.05, 0.1) is 50.5 Å². The second kappa shape index (κ2) is 11.4. The Morgan fingerprint density at radius 3 is 2.20 bits per heavy atom. The quantitative estimate of drug-likeness (QED) is 0.482. The van der Waals surface area contributed by atoms with Crippen molar-refractivity contribution in [3.63, 3.8) is 0 Å². The van der Waals surface area contributed by atoms with Crippen molar-refractivity contribution in [2.75, 3.05) is 64.3 Å². The highest BCUT2D eigenvalue weighted by Crippen LogP contribution is 2.40. The Morgan fingerprint density at radius 1 is 0.875 bits per heavy atom. The summed E-state index contributed by atoms with van der Waals surface area (Å²) in [6.45, 7) is 1.98. The number of carbonyl (C=O) groups excluding carboxylic acids is 3. The number of hydrogen-bond donors (Lipinski definition) is 1. The molecule has 3 aromatic carbocycles. The minimum atomic E-state index is -0.312. The molecule has 0 radical (unpaired) electrons.